The van der Waals surface area contributed by atoms with Crippen molar-refractivity contribution in [2.45, 2.75) is 17.1 Å². The monoisotopic (exact) mass is 517 g/mol. The number of hydrogen-bond acceptors (Lipinski definition) is 6. The van der Waals surface area contributed by atoms with Gasteiger partial charge in [0.25, 0.3) is 5.91 Å². The van der Waals surface area contributed by atoms with E-state index < -0.39 is 21.5 Å². The van der Waals surface area contributed by atoms with E-state index in [0.717, 1.165) is 0 Å². The molecule has 34 heavy (non-hydrogen) atoms. The van der Waals surface area contributed by atoms with Crippen LogP contribution in [-0.4, -0.2) is 29.5 Å². The fourth-order valence-corrected chi connectivity index (χ4v) is 5.43. The van der Waals surface area contributed by atoms with E-state index >= 15 is 0 Å². The summed E-state index contributed by atoms with van der Waals surface area (Å²) in [7, 11) is -3.86. The molecule has 0 saturated carbocycles. The number of amides is 1. The second-order valence-electron chi connectivity index (χ2n) is 7.43. The third-order valence-corrected chi connectivity index (χ3v) is 7.38. The third kappa shape index (κ3) is 5.06. The van der Waals surface area contributed by atoms with Gasteiger partial charge in [0.1, 0.15) is 5.75 Å². The number of rotatable bonds is 6. The molecular weight excluding hydrogens is 501 g/mol. The van der Waals surface area contributed by atoms with Crippen molar-refractivity contribution in [2.24, 2.45) is 10.2 Å². The Balaban J connectivity index is 1.63. The fraction of sp³-hybridized carbons (Fsp3) is 0.0870. The van der Waals surface area contributed by atoms with Gasteiger partial charge in [-0.1, -0.05) is 41.4 Å². The minimum atomic E-state index is -3.86. The molecule has 0 aliphatic carbocycles. The van der Waals surface area contributed by atoms with E-state index in [2.05, 4.69) is 15.2 Å². The number of aromatic nitrogens is 1. The molecule has 3 aromatic carbocycles. The lowest BCUT2D eigenvalue weighted by atomic mass is 10.1. The number of phenolic OH excluding ortho intramolecular Hbond substituents is 1. The molecule has 0 atom stereocenters. The molecule has 0 aliphatic rings. The van der Waals surface area contributed by atoms with Gasteiger partial charge in [-0.05, 0) is 48.0 Å². The molecule has 0 fully saturated rings. The highest BCUT2D eigenvalue weighted by Gasteiger charge is 2.21. The van der Waals surface area contributed by atoms with Crippen LogP contribution in [0.4, 0.5) is 5.69 Å². The predicted octanol–water partition coefficient (Wildman–Crippen LogP) is 5.71. The minimum Gasteiger partial charge on any atom is -0.508 e. The molecule has 1 amide bonds. The van der Waals surface area contributed by atoms with E-state index in [1.807, 2.05) is 0 Å². The van der Waals surface area contributed by atoms with Gasteiger partial charge in [0.05, 0.1) is 22.6 Å². The third-order valence-electron chi connectivity index (χ3n) is 5.03. The predicted molar refractivity (Wildman–Crippen MR) is 129 cm³/mol. The molecule has 1 aromatic heterocycles. The van der Waals surface area contributed by atoms with Crippen LogP contribution in [0.25, 0.3) is 10.9 Å². The topological polar surface area (TPSA) is 132 Å². The van der Waals surface area contributed by atoms with Crippen LogP contribution in [0, 0.1) is 0 Å². The van der Waals surface area contributed by atoms with Crippen LogP contribution in [0.5, 0.6) is 11.6 Å². The molecule has 3 N–H and O–H groups in total. The summed E-state index contributed by atoms with van der Waals surface area (Å²) in [4.78, 5) is 14.8. The molecule has 0 bridgehead atoms. The van der Waals surface area contributed by atoms with Crippen molar-refractivity contribution in [1.29, 1.82) is 0 Å². The quantitative estimate of drug-likeness (QED) is 0.281. The van der Waals surface area contributed by atoms with Gasteiger partial charge in [-0.3, -0.25) is 4.79 Å². The van der Waals surface area contributed by atoms with Gasteiger partial charge in [0.15, 0.2) is 15.5 Å². The number of halogens is 2. The number of sulfone groups is 1. The maximum absolute atomic E-state index is 13.0. The molecule has 0 spiro atoms. The van der Waals surface area contributed by atoms with E-state index in [-0.39, 0.29) is 49.6 Å². The molecule has 0 radical (unpaired) electrons. The van der Waals surface area contributed by atoms with Crippen LogP contribution >= 0.6 is 23.2 Å². The molecule has 0 unspecified atom stereocenters. The van der Waals surface area contributed by atoms with E-state index in [9.17, 15) is 23.4 Å². The lowest BCUT2D eigenvalue weighted by molar-refractivity contribution is -0.117. The summed E-state index contributed by atoms with van der Waals surface area (Å²) in [5.74, 6) is -1.30. The summed E-state index contributed by atoms with van der Waals surface area (Å²) >= 11 is 12.2. The van der Waals surface area contributed by atoms with Gasteiger partial charge in [-0.25, -0.2) is 8.42 Å². The zero-order valence-electron chi connectivity index (χ0n) is 17.4. The van der Waals surface area contributed by atoms with Gasteiger partial charge >= 0.3 is 0 Å². The van der Waals surface area contributed by atoms with Gasteiger partial charge in [0, 0.05) is 21.0 Å². The zero-order valence-corrected chi connectivity index (χ0v) is 19.7. The minimum absolute atomic E-state index is 0.0399. The number of hydrogen-bond donors (Lipinski definition) is 3. The van der Waals surface area contributed by atoms with E-state index in [1.54, 1.807) is 30.3 Å². The van der Waals surface area contributed by atoms with E-state index in [4.69, 9.17) is 23.2 Å². The van der Waals surface area contributed by atoms with E-state index in [1.165, 1.54) is 30.3 Å². The van der Waals surface area contributed by atoms with Crippen LogP contribution in [0.2, 0.25) is 10.0 Å². The van der Waals surface area contributed by atoms with Crippen molar-refractivity contribution in [3.8, 4) is 11.6 Å². The summed E-state index contributed by atoms with van der Waals surface area (Å²) in [6.45, 7) is 0. The second-order valence-corrected chi connectivity index (χ2v) is 10.2. The number of fused-ring (bicyclic) bond motifs is 1. The first-order chi connectivity index (χ1) is 16.1. The Morgan fingerprint density at radius 1 is 0.971 bits per heavy atom. The SMILES string of the molecule is O=C(Cc1ccc(O)cc1)N=Nc1c(O)[nH]c2ccc(S(=O)(=O)Cc3c(Cl)cccc3Cl)cc12. The van der Waals surface area contributed by atoms with Crippen LogP contribution in [0.1, 0.15) is 11.1 Å². The number of H-pyrrole nitrogens is 1. The smallest absolute Gasteiger partial charge is 0.269 e. The van der Waals surface area contributed by atoms with Crippen LogP contribution in [-0.2, 0) is 26.8 Å². The van der Waals surface area contributed by atoms with Gasteiger partial charge < -0.3 is 15.2 Å². The molecular formula is C23H17Cl2N3O5S. The Hall–Kier alpha value is -3.40. The Bertz CT molecular complexity index is 1510. The van der Waals surface area contributed by atoms with Crippen LogP contribution in [0.3, 0.4) is 0 Å². The summed E-state index contributed by atoms with van der Waals surface area (Å²) in [5, 5.41) is 27.8. The molecule has 8 nitrogen and oxygen atoms in total. The maximum atomic E-state index is 13.0. The average Bonchev–Trinajstić information content (AvgIpc) is 3.10. The molecule has 0 saturated heterocycles. The first-order valence-electron chi connectivity index (χ1n) is 9.87. The molecule has 11 heteroatoms. The van der Waals surface area contributed by atoms with Crippen molar-refractivity contribution in [1.82, 2.24) is 4.98 Å². The fourth-order valence-electron chi connectivity index (χ4n) is 3.31. The normalized spacial score (nSPS) is 11.9. The lowest BCUT2D eigenvalue weighted by Gasteiger charge is -2.08. The summed E-state index contributed by atoms with van der Waals surface area (Å²) in [6, 6.07) is 15.0. The maximum Gasteiger partial charge on any atom is 0.269 e. The number of phenols is 1. The summed E-state index contributed by atoms with van der Waals surface area (Å²) in [6.07, 6.45) is -0.0644. The van der Waals surface area contributed by atoms with Gasteiger partial charge in [-0.2, -0.15) is 0 Å². The number of carbonyl (C=O) groups is 1. The van der Waals surface area contributed by atoms with Crippen molar-refractivity contribution in [2.75, 3.05) is 0 Å². The molecule has 4 aromatic rings. The number of benzene rings is 3. The summed E-state index contributed by atoms with van der Waals surface area (Å²) < 4.78 is 26.1. The highest BCUT2D eigenvalue weighted by molar-refractivity contribution is 7.90. The first-order valence-corrected chi connectivity index (χ1v) is 12.3. The Morgan fingerprint density at radius 2 is 1.65 bits per heavy atom. The lowest BCUT2D eigenvalue weighted by Crippen LogP contribution is -2.06. The number of carbonyl (C=O) groups excluding carboxylic acids is 1. The van der Waals surface area contributed by atoms with E-state index in [0.29, 0.717) is 11.1 Å². The Labute approximate surface area is 204 Å². The number of nitrogens with one attached hydrogen (secondary N) is 1. The van der Waals surface area contributed by atoms with Gasteiger partial charge in [-0.15, -0.1) is 10.2 Å². The average molecular weight is 518 g/mol. The largest absolute Gasteiger partial charge is 0.508 e. The van der Waals surface area contributed by atoms with Crippen molar-refractivity contribution in [3.05, 3.63) is 81.8 Å². The Morgan fingerprint density at radius 3 is 2.32 bits per heavy atom. The Kier molecular flexibility index (Phi) is 6.60. The molecule has 1 heterocycles. The standard InChI is InChI=1S/C23H17Cl2N3O5S/c24-18-2-1-3-19(25)17(18)12-34(32,33)15-8-9-20-16(11-15)22(23(31)26-20)28-27-21(30)10-13-4-6-14(29)7-5-13/h1-9,11,26,29,31H,10,12H2. The molecule has 0 aliphatic heterocycles. The molecule has 4 rings (SSSR count). The molecule has 174 valence electrons. The number of nitrogens with zero attached hydrogens (tertiary/aromatic N) is 2. The van der Waals surface area contributed by atoms with Crippen LogP contribution in [0.15, 0.2) is 75.8 Å². The summed E-state index contributed by atoms with van der Waals surface area (Å²) in [5.41, 5.74) is 1.24. The second kappa shape index (κ2) is 9.46. The highest BCUT2D eigenvalue weighted by atomic mass is 35.5. The van der Waals surface area contributed by atoms with Crippen molar-refractivity contribution >= 4 is 55.5 Å². The van der Waals surface area contributed by atoms with Crippen molar-refractivity contribution < 1.29 is 23.4 Å². The van der Waals surface area contributed by atoms with Gasteiger partial charge in [0.2, 0.25) is 5.88 Å². The first kappa shape index (κ1) is 23.7. The number of azo groups is 1. The highest BCUT2D eigenvalue weighted by Crippen LogP contribution is 2.37. The number of aromatic hydroxyl groups is 2. The van der Waals surface area contributed by atoms with Crippen LogP contribution < -0.4 is 0 Å². The number of aromatic amines is 1. The van der Waals surface area contributed by atoms with Crippen molar-refractivity contribution in [3.63, 3.8) is 0 Å². The zero-order chi connectivity index (χ0) is 24.5.